The molecule has 0 aromatic carbocycles. The van der Waals surface area contributed by atoms with Gasteiger partial charge in [0.2, 0.25) is 10.0 Å². The lowest BCUT2D eigenvalue weighted by Gasteiger charge is -2.17. The van der Waals surface area contributed by atoms with E-state index in [2.05, 4.69) is 28.5 Å². The molecule has 1 atom stereocenters. The van der Waals surface area contributed by atoms with Gasteiger partial charge in [-0.05, 0) is 33.6 Å². The molecule has 3 rings (SSSR count). The van der Waals surface area contributed by atoms with Gasteiger partial charge in [0, 0.05) is 44.5 Å². The van der Waals surface area contributed by atoms with Crippen LogP contribution in [0.3, 0.4) is 0 Å². The molecule has 25 heavy (non-hydrogen) atoms. The summed E-state index contributed by atoms with van der Waals surface area (Å²) < 4.78 is 31.7. The van der Waals surface area contributed by atoms with Crippen LogP contribution in [-0.4, -0.2) is 45.1 Å². The lowest BCUT2D eigenvalue weighted by molar-refractivity contribution is 0.467. The molecule has 2 aromatic rings. The molecule has 0 radical (unpaired) electrons. The SMILES string of the molecule is CCCn1c(C)cnc1C1CCN(S(=O)(=O)c2c(C)nn(C)c2C)C1. The quantitative estimate of drug-likeness (QED) is 0.814. The number of rotatable bonds is 5. The van der Waals surface area contributed by atoms with E-state index in [1.807, 2.05) is 6.20 Å². The number of aromatic nitrogens is 4. The summed E-state index contributed by atoms with van der Waals surface area (Å²) in [7, 11) is -1.75. The van der Waals surface area contributed by atoms with Crippen molar-refractivity contribution in [1.82, 2.24) is 23.6 Å². The summed E-state index contributed by atoms with van der Waals surface area (Å²) in [6.07, 6.45) is 3.72. The van der Waals surface area contributed by atoms with Crippen LogP contribution >= 0.6 is 0 Å². The van der Waals surface area contributed by atoms with Gasteiger partial charge in [0.25, 0.3) is 0 Å². The first-order valence-electron chi connectivity index (χ1n) is 8.79. The monoisotopic (exact) mass is 365 g/mol. The van der Waals surface area contributed by atoms with Crippen LogP contribution in [0.5, 0.6) is 0 Å². The van der Waals surface area contributed by atoms with Crippen LogP contribution in [-0.2, 0) is 23.6 Å². The van der Waals surface area contributed by atoms with Crippen molar-refractivity contribution in [1.29, 1.82) is 0 Å². The molecule has 0 aliphatic carbocycles. The highest BCUT2D eigenvalue weighted by Gasteiger charge is 2.37. The summed E-state index contributed by atoms with van der Waals surface area (Å²) in [5.74, 6) is 1.16. The van der Waals surface area contributed by atoms with E-state index in [0.717, 1.165) is 30.9 Å². The van der Waals surface area contributed by atoms with Gasteiger partial charge in [-0.25, -0.2) is 13.4 Å². The average molecular weight is 366 g/mol. The Hall–Kier alpha value is -1.67. The van der Waals surface area contributed by atoms with Gasteiger partial charge in [0.1, 0.15) is 10.7 Å². The number of hydrogen-bond acceptors (Lipinski definition) is 4. The second kappa shape index (κ2) is 6.57. The Balaban J connectivity index is 1.88. The summed E-state index contributed by atoms with van der Waals surface area (Å²) >= 11 is 0. The van der Waals surface area contributed by atoms with E-state index in [1.54, 1.807) is 29.9 Å². The Morgan fingerprint density at radius 2 is 2.00 bits per heavy atom. The summed E-state index contributed by atoms with van der Waals surface area (Å²) in [6.45, 7) is 9.68. The number of imidazole rings is 1. The van der Waals surface area contributed by atoms with E-state index in [0.29, 0.717) is 29.4 Å². The molecule has 0 spiro atoms. The molecule has 138 valence electrons. The standard InChI is InChI=1S/C17H27N5O2S/c1-6-8-22-12(2)10-18-17(22)15-7-9-21(11-15)25(23,24)16-13(3)19-20(5)14(16)4/h10,15H,6-9,11H2,1-5H3. The molecule has 1 saturated heterocycles. The maximum absolute atomic E-state index is 13.1. The van der Waals surface area contributed by atoms with Crippen molar-refractivity contribution in [3.63, 3.8) is 0 Å². The fourth-order valence-corrected chi connectivity index (χ4v) is 5.63. The lowest BCUT2D eigenvalue weighted by atomic mass is 10.1. The molecule has 1 fully saturated rings. The molecule has 7 nitrogen and oxygen atoms in total. The second-order valence-corrected chi connectivity index (χ2v) is 8.76. The number of sulfonamides is 1. The zero-order valence-corrected chi connectivity index (χ0v) is 16.5. The molecule has 0 amide bonds. The molecule has 0 N–H and O–H groups in total. The van der Waals surface area contributed by atoms with Gasteiger partial charge in [0.15, 0.2) is 0 Å². The maximum Gasteiger partial charge on any atom is 0.246 e. The molecule has 2 aromatic heterocycles. The zero-order valence-electron chi connectivity index (χ0n) is 15.7. The van der Waals surface area contributed by atoms with Crippen molar-refractivity contribution < 1.29 is 8.42 Å². The fraction of sp³-hybridized carbons (Fsp3) is 0.647. The summed E-state index contributed by atoms with van der Waals surface area (Å²) in [6, 6.07) is 0. The van der Waals surface area contributed by atoms with Crippen LogP contribution < -0.4 is 0 Å². The van der Waals surface area contributed by atoms with Gasteiger partial charge in [-0.1, -0.05) is 6.92 Å². The van der Waals surface area contributed by atoms with Gasteiger partial charge in [0.05, 0.1) is 11.4 Å². The van der Waals surface area contributed by atoms with Gasteiger partial charge in [-0.3, -0.25) is 4.68 Å². The zero-order chi connectivity index (χ0) is 18.4. The van der Waals surface area contributed by atoms with Crippen LogP contribution in [0.15, 0.2) is 11.1 Å². The van der Waals surface area contributed by atoms with Gasteiger partial charge < -0.3 is 4.57 Å². The first-order chi connectivity index (χ1) is 11.8. The van der Waals surface area contributed by atoms with E-state index in [9.17, 15) is 8.42 Å². The van der Waals surface area contributed by atoms with Crippen LogP contribution in [0.25, 0.3) is 0 Å². The minimum Gasteiger partial charge on any atom is -0.332 e. The van der Waals surface area contributed by atoms with Crippen molar-refractivity contribution in [2.75, 3.05) is 13.1 Å². The number of hydrogen-bond donors (Lipinski definition) is 0. The van der Waals surface area contributed by atoms with Crippen LogP contribution in [0.4, 0.5) is 0 Å². The predicted octanol–water partition coefficient (Wildman–Crippen LogP) is 2.13. The molecule has 1 aliphatic rings. The predicted molar refractivity (Wildman–Crippen MR) is 96.1 cm³/mol. The van der Waals surface area contributed by atoms with E-state index in [4.69, 9.17) is 0 Å². The Labute approximate surface area is 149 Å². The molecular weight excluding hydrogens is 338 g/mol. The number of nitrogens with zero attached hydrogens (tertiary/aromatic N) is 5. The molecule has 1 unspecified atom stereocenters. The summed E-state index contributed by atoms with van der Waals surface area (Å²) in [4.78, 5) is 4.92. The van der Waals surface area contributed by atoms with Crippen LogP contribution in [0.2, 0.25) is 0 Å². The second-order valence-electron chi connectivity index (χ2n) is 6.88. The van der Waals surface area contributed by atoms with E-state index < -0.39 is 10.0 Å². The van der Waals surface area contributed by atoms with Crippen molar-refractivity contribution >= 4 is 10.0 Å². The van der Waals surface area contributed by atoms with Gasteiger partial charge in [-0.2, -0.15) is 9.40 Å². The lowest BCUT2D eigenvalue weighted by Crippen LogP contribution is -2.29. The van der Waals surface area contributed by atoms with Crippen molar-refractivity contribution in [3.8, 4) is 0 Å². The average Bonchev–Trinajstić information content (AvgIpc) is 3.21. The highest BCUT2D eigenvalue weighted by molar-refractivity contribution is 7.89. The fourth-order valence-electron chi connectivity index (χ4n) is 3.73. The third kappa shape index (κ3) is 3.01. The molecular formula is C17H27N5O2S. The number of aryl methyl sites for hydroxylation is 3. The molecule has 8 heteroatoms. The third-order valence-electron chi connectivity index (χ3n) is 5.09. The first kappa shape index (κ1) is 18.1. The van der Waals surface area contributed by atoms with E-state index in [1.165, 1.54) is 0 Å². The van der Waals surface area contributed by atoms with Crippen molar-refractivity contribution in [2.24, 2.45) is 7.05 Å². The van der Waals surface area contributed by atoms with Crippen LogP contribution in [0.1, 0.15) is 48.6 Å². The Kier molecular flexibility index (Phi) is 4.76. The first-order valence-corrected chi connectivity index (χ1v) is 10.2. The largest absolute Gasteiger partial charge is 0.332 e. The maximum atomic E-state index is 13.1. The Morgan fingerprint density at radius 3 is 2.60 bits per heavy atom. The molecule has 0 saturated carbocycles. The highest BCUT2D eigenvalue weighted by Crippen LogP contribution is 2.32. The third-order valence-corrected chi connectivity index (χ3v) is 7.21. The van der Waals surface area contributed by atoms with Crippen molar-refractivity contribution in [2.45, 2.75) is 57.9 Å². The Morgan fingerprint density at radius 1 is 1.28 bits per heavy atom. The van der Waals surface area contributed by atoms with E-state index >= 15 is 0 Å². The minimum absolute atomic E-state index is 0.146. The Bertz CT molecular complexity index is 881. The molecule has 0 bridgehead atoms. The smallest absolute Gasteiger partial charge is 0.246 e. The van der Waals surface area contributed by atoms with Crippen molar-refractivity contribution in [3.05, 3.63) is 29.1 Å². The van der Waals surface area contributed by atoms with E-state index in [-0.39, 0.29) is 5.92 Å². The summed E-state index contributed by atoms with van der Waals surface area (Å²) in [5, 5.41) is 4.26. The molecule has 1 aliphatic heterocycles. The van der Waals surface area contributed by atoms with Gasteiger partial charge >= 0.3 is 0 Å². The molecule has 3 heterocycles. The normalized spacial score (nSPS) is 19.0. The minimum atomic E-state index is -3.53. The van der Waals surface area contributed by atoms with Gasteiger partial charge in [-0.15, -0.1) is 0 Å². The summed E-state index contributed by atoms with van der Waals surface area (Å²) in [5.41, 5.74) is 2.38. The van der Waals surface area contributed by atoms with Crippen LogP contribution in [0, 0.1) is 20.8 Å². The topological polar surface area (TPSA) is 73.0 Å². The highest BCUT2D eigenvalue weighted by atomic mass is 32.2.